The van der Waals surface area contributed by atoms with Crippen LogP contribution in [0.15, 0.2) is 0 Å². The maximum absolute atomic E-state index is 10.2. The molecule has 0 aromatic rings. The third-order valence-electron chi connectivity index (χ3n) is 3.14. The van der Waals surface area contributed by atoms with E-state index in [9.17, 15) is 4.32 Å². The largest absolute Gasteiger partial charge is 1.00 e. The van der Waals surface area contributed by atoms with E-state index < -0.39 is 0 Å². The Balaban J connectivity index is -0.0000000506. The molecule has 0 fully saturated rings. The van der Waals surface area contributed by atoms with Crippen molar-refractivity contribution in [3.63, 3.8) is 0 Å². The van der Waals surface area contributed by atoms with Gasteiger partial charge in [-0.1, -0.05) is 105 Å². The first kappa shape index (κ1) is 48.9. The third-order valence-corrected chi connectivity index (χ3v) is 3.14. The maximum atomic E-state index is 10.2. The van der Waals surface area contributed by atoms with Gasteiger partial charge in [0.15, 0.2) is 24.3 Å². The summed E-state index contributed by atoms with van der Waals surface area (Å²) in [4.78, 5) is 0. The van der Waals surface area contributed by atoms with Crippen LogP contribution < -0.4 is 57.0 Å². The van der Waals surface area contributed by atoms with Crippen molar-refractivity contribution in [3.8, 4) is 36.2 Å². The predicted octanol–water partition coefficient (Wildman–Crippen LogP) is 2.91. The summed E-state index contributed by atoms with van der Waals surface area (Å²) < 4.78 is 10.2. The van der Waals surface area contributed by atoms with E-state index in [0.717, 1.165) is 13.4 Å². The molecule has 3 radical (unpaired) electrons. The van der Waals surface area contributed by atoms with Crippen LogP contribution in [-0.4, -0.2) is 15.0 Å². The van der Waals surface area contributed by atoms with E-state index in [4.69, 9.17) is 31.6 Å². The summed E-state index contributed by atoms with van der Waals surface area (Å²) in [5, 5.41) is 43.7. The molecule has 175 valence electrons. The minimum Gasteiger partial charge on any atom is -0.579 e. The molecule has 0 aromatic heterocycles. The fourth-order valence-corrected chi connectivity index (χ4v) is 1.71. The molecule has 0 aliphatic carbocycles. The number of nitrogens with zero attached hydrogens (tertiary/aromatic N) is 6. The zero-order chi connectivity index (χ0) is 26.1. The van der Waals surface area contributed by atoms with E-state index >= 15 is 0 Å². The molecule has 0 rings (SSSR count). The number of hydrogen-bond donors (Lipinski definition) is 1. The van der Waals surface area contributed by atoms with Crippen LogP contribution >= 0.6 is 0 Å². The van der Waals surface area contributed by atoms with Gasteiger partial charge in [0.2, 0.25) is 0 Å². The zero-order valence-electron chi connectivity index (χ0n) is 21.3. The van der Waals surface area contributed by atoms with Crippen molar-refractivity contribution in [2.24, 2.45) is 5.64 Å². The molecule has 0 amide bonds. The molecule has 0 saturated heterocycles. The Morgan fingerprint density at radius 3 is 0.848 bits per heavy atom. The topological polar surface area (TPSA) is 169 Å². The van der Waals surface area contributed by atoms with Gasteiger partial charge in [0, 0.05) is 13.5 Å². The van der Waals surface area contributed by atoms with Crippen molar-refractivity contribution in [1.82, 2.24) is 0 Å². The van der Waals surface area contributed by atoms with Crippen molar-refractivity contribution in [3.05, 3.63) is 0 Å². The molecule has 33 heavy (non-hydrogen) atoms. The Morgan fingerprint density at radius 1 is 0.606 bits per heavy atom. The monoisotopic (exact) mass is 480 g/mol. The SMILES string of the molecule is CCCCCCCC.CCCCCCCC.N#CC#N.N#CC#N.N#C[B-]F.N#C[B]N.[K+]. The molecule has 0 saturated carbocycles. The molecule has 11 heteroatoms. The molecular formula is C22H38B2FKN7. The van der Waals surface area contributed by atoms with Crippen molar-refractivity contribution < 1.29 is 55.7 Å². The van der Waals surface area contributed by atoms with Crippen LogP contribution in [0.3, 0.4) is 0 Å². The van der Waals surface area contributed by atoms with Crippen LogP contribution in [0.2, 0.25) is 0 Å². The van der Waals surface area contributed by atoms with Crippen molar-refractivity contribution in [2.75, 3.05) is 0 Å². The first-order valence-electron chi connectivity index (χ1n) is 10.8. The molecule has 0 aliphatic heterocycles. The molecule has 0 bridgehead atoms. The summed E-state index contributed by atoms with van der Waals surface area (Å²) in [7, 11) is 0.861. The minimum atomic E-state index is -0.0694. The van der Waals surface area contributed by atoms with Crippen LogP contribution in [0.4, 0.5) is 4.32 Å². The van der Waals surface area contributed by atoms with E-state index in [-0.39, 0.29) is 58.9 Å². The quantitative estimate of drug-likeness (QED) is 0.370. The van der Waals surface area contributed by atoms with Gasteiger partial charge in [0.05, 0.1) is 0 Å². The van der Waals surface area contributed by atoms with Crippen LogP contribution in [-0.2, 0) is 0 Å². The molecule has 7 nitrogen and oxygen atoms in total. The minimum absolute atomic E-state index is 0. The van der Waals surface area contributed by atoms with E-state index in [2.05, 4.69) is 33.3 Å². The molecule has 0 aromatic carbocycles. The summed E-state index contributed by atoms with van der Waals surface area (Å²) in [6.45, 7) is 9.02. The second-order valence-electron chi connectivity index (χ2n) is 5.81. The fraction of sp³-hybridized carbons (Fsp3) is 0.727. The predicted molar refractivity (Wildman–Crippen MR) is 129 cm³/mol. The number of hydrogen-bond acceptors (Lipinski definition) is 7. The Morgan fingerprint density at radius 2 is 0.788 bits per heavy atom. The number of rotatable bonds is 10. The summed E-state index contributed by atoms with van der Waals surface area (Å²) in [6, 6.07) is 4.94. The molecular weight excluding hydrogens is 442 g/mol. The molecule has 2 N–H and O–H groups in total. The van der Waals surface area contributed by atoms with Crippen molar-refractivity contribution in [2.45, 2.75) is 105 Å². The Labute approximate surface area is 246 Å². The molecule has 0 atom stereocenters. The van der Waals surface area contributed by atoms with Crippen LogP contribution in [0.5, 0.6) is 0 Å². The second-order valence-corrected chi connectivity index (χ2v) is 5.81. The number of nitriles is 6. The fourth-order valence-electron chi connectivity index (χ4n) is 1.71. The van der Waals surface area contributed by atoms with Gasteiger partial charge in [-0.3, -0.25) is 5.26 Å². The second kappa shape index (κ2) is 77.5. The average molecular weight is 480 g/mol. The van der Waals surface area contributed by atoms with Crippen LogP contribution in [0.25, 0.3) is 0 Å². The van der Waals surface area contributed by atoms with Gasteiger partial charge in [0.25, 0.3) is 0 Å². The van der Waals surface area contributed by atoms with E-state index in [1.807, 2.05) is 0 Å². The summed E-state index contributed by atoms with van der Waals surface area (Å²) in [6.07, 6.45) is 17.0. The van der Waals surface area contributed by atoms with Crippen LogP contribution in [0, 0.1) is 67.8 Å². The van der Waals surface area contributed by atoms with Gasteiger partial charge in [-0.25, -0.2) is 5.26 Å². The maximum Gasteiger partial charge on any atom is 1.00 e. The van der Waals surface area contributed by atoms with Gasteiger partial charge in [-0.2, -0.15) is 27.0 Å². The smallest absolute Gasteiger partial charge is 0.579 e. The van der Waals surface area contributed by atoms with Crippen molar-refractivity contribution in [1.29, 1.82) is 31.6 Å². The van der Waals surface area contributed by atoms with E-state index in [1.54, 1.807) is 5.97 Å². The number of halogens is 1. The number of unbranched alkanes of at least 4 members (excludes halogenated alkanes) is 10. The summed E-state index contributed by atoms with van der Waals surface area (Å²) in [5.74, 6) is 2.72. The molecule has 0 heterocycles. The zero-order valence-corrected chi connectivity index (χ0v) is 24.4. The van der Waals surface area contributed by atoms with Crippen LogP contribution in [0.1, 0.15) is 105 Å². The van der Waals surface area contributed by atoms with Gasteiger partial charge >= 0.3 is 58.8 Å². The molecule has 0 spiro atoms. The van der Waals surface area contributed by atoms with E-state index in [1.165, 1.54) is 101 Å². The van der Waals surface area contributed by atoms with Crippen molar-refractivity contribution >= 4 is 15.0 Å². The Hall–Kier alpha value is -1.40. The average Bonchev–Trinajstić information content (AvgIpc) is 2.85. The van der Waals surface area contributed by atoms with Gasteiger partial charge < -0.3 is 9.96 Å². The van der Waals surface area contributed by atoms with Gasteiger partial charge in [-0.05, 0) is 0 Å². The number of nitrogens with two attached hydrogens (primary N) is 1. The molecule has 0 aliphatic rings. The summed E-state index contributed by atoms with van der Waals surface area (Å²) in [5.41, 5.74) is 4.54. The first-order valence-corrected chi connectivity index (χ1v) is 10.8. The standard InChI is InChI=1S/2C8H18.2C2N2.CBFN.CH2BN2.K/c2*1-3-5-7-8-6-4-2;2*3-1-2-4;3-2-1-4;3-1-2-4;/h2*3-8H2,1-2H3;;;;4H2;/q;;;;-1;;+1. The third kappa shape index (κ3) is 158. The van der Waals surface area contributed by atoms with Gasteiger partial charge in [0.1, 0.15) is 0 Å². The first-order chi connectivity index (χ1) is 15.5. The normalized spacial score (nSPS) is 6.42. The molecule has 0 unspecified atom stereocenters. The van der Waals surface area contributed by atoms with Gasteiger partial charge in [-0.15, -0.1) is 0 Å². The van der Waals surface area contributed by atoms with E-state index in [0.29, 0.717) is 0 Å². The summed E-state index contributed by atoms with van der Waals surface area (Å²) >= 11 is 0. The Bertz CT molecular complexity index is 468. The Kier molecular flexibility index (Phi) is 115.